The lowest BCUT2D eigenvalue weighted by Gasteiger charge is -2.35. The van der Waals surface area contributed by atoms with Crippen molar-refractivity contribution >= 4 is 56.1 Å². The molecule has 0 atom stereocenters. The maximum absolute atomic E-state index is 12.9. The molecule has 4 aromatic heterocycles. The lowest BCUT2D eigenvalue weighted by atomic mass is 10.2. The molecule has 5 heterocycles. The SMILES string of the molecule is Cc1cc(N2CCN(C(=O)c3csc(-c4cc(Br)cs4)n3)CC2)n2ncnc2n1. The number of anilines is 1. The Morgan fingerprint density at radius 1 is 1.10 bits per heavy atom. The van der Waals surface area contributed by atoms with Gasteiger partial charge in [0.15, 0.2) is 0 Å². The minimum absolute atomic E-state index is 0.0143. The van der Waals surface area contributed by atoms with Crippen molar-refractivity contribution in [2.75, 3.05) is 31.1 Å². The van der Waals surface area contributed by atoms with Gasteiger partial charge in [0.25, 0.3) is 11.7 Å². The van der Waals surface area contributed by atoms with E-state index in [0.717, 1.165) is 39.0 Å². The fourth-order valence-corrected chi connectivity index (χ4v) is 5.65. The molecule has 5 rings (SSSR count). The number of thiazole rings is 1. The molecule has 1 amide bonds. The average molecular weight is 490 g/mol. The van der Waals surface area contributed by atoms with Crippen LogP contribution >= 0.6 is 38.6 Å². The summed E-state index contributed by atoms with van der Waals surface area (Å²) in [5, 5.41) is 9.03. The summed E-state index contributed by atoms with van der Waals surface area (Å²) in [7, 11) is 0. The largest absolute Gasteiger partial charge is 0.353 e. The van der Waals surface area contributed by atoms with Crippen LogP contribution in [0.4, 0.5) is 5.82 Å². The molecule has 0 radical (unpaired) electrons. The van der Waals surface area contributed by atoms with E-state index in [1.807, 2.05) is 34.7 Å². The summed E-state index contributed by atoms with van der Waals surface area (Å²) >= 11 is 6.58. The Balaban J connectivity index is 1.30. The molecule has 0 saturated carbocycles. The summed E-state index contributed by atoms with van der Waals surface area (Å²) in [6, 6.07) is 4.03. The zero-order valence-electron chi connectivity index (χ0n) is 15.4. The molecule has 1 saturated heterocycles. The van der Waals surface area contributed by atoms with Gasteiger partial charge in [0.05, 0.1) is 4.88 Å². The van der Waals surface area contributed by atoms with E-state index in [1.54, 1.807) is 15.9 Å². The van der Waals surface area contributed by atoms with Gasteiger partial charge in [0.2, 0.25) is 0 Å². The summed E-state index contributed by atoms with van der Waals surface area (Å²) in [5.74, 6) is 1.53. The van der Waals surface area contributed by atoms with Crippen molar-refractivity contribution in [2.24, 2.45) is 0 Å². The van der Waals surface area contributed by atoms with Gasteiger partial charge < -0.3 is 9.80 Å². The molecule has 11 heteroatoms. The van der Waals surface area contributed by atoms with Gasteiger partial charge in [-0.05, 0) is 28.9 Å². The van der Waals surface area contributed by atoms with Crippen LogP contribution in [-0.2, 0) is 0 Å². The second-order valence-corrected chi connectivity index (χ2v) is 9.36. The summed E-state index contributed by atoms with van der Waals surface area (Å²) in [4.78, 5) is 31.2. The number of thiophene rings is 1. The van der Waals surface area contributed by atoms with Crippen LogP contribution < -0.4 is 4.90 Å². The number of aryl methyl sites for hydroxylation is 1. The predicted molar refractivity (Wildman–Crippen MR) is 117 cm³/mol. The molecule has 8 nitrogen and oxygen atoms in total. The molecule has 0 aromatic carbocycles. The van der Waals surface area contributed by atoms with Gasteiger partial charge in [-0.3, -0.25) is 4.79 Å². The van der Waals surface area contributed by atoms with Gasteiger partial charge in [0, 0.05) is 53.2 Å². The first-order valence-electron chi connectivity index (χ1n) is 9.00. The van der Waals surface area contributed by atoms with E-state index in [9.17, 15) is 4.79 Å². The lowest BCUT2D eigenvalue weighted by molar-refractivity contribution is 0.0741. The Morgan fingerprint density at radius 2 is 1.93 bits per heavy atom. The molecule has 0 aliphatic carbocycles. The van der Waals surface area contributed by atoms with E-state index in [2.05, 4.69) is 40.9 Å². The van der Waals surface area contributed by atoms with E-state index in [-0.39, 0.29) is 5.91 Å². The van der Waals surface area contributed by atoms with Crippen LogP contribution in [-0.4, -0.2) is 61.6 Å². The highest BCUT2D eigenvalue weighted by molar-refractivity contribution is 9.10. The van der Waals surface area contributed by atoms with E-state index >= 15 is 0 Å². The molecule has 4 aromatic rings. The topological polar surface area (TPSA) is 79.5 Å². The second kappa shape index (κ2) is 7.47. The Kier molecular flexibility index (Phi) is 4.80. The van der Waals surface area contributed by atoms with Gasteiger partial charge in [-0.15, -0.1) is 22.7 Å². The van der Waals surface area contributed by atoms with Crippen LogP contribution in [0.3, 0.4) is 0 Å². The highest BCUT2D eigenvalue weighted by Crippen LogP contribution is 2.32. The Labute approximate surface area is 183 Å². The number of nitrogens with zero attached hydrogens (tertiary/aromatic N) is 7. The third-order valence-corrected chi connectivity index (χ3v) is 7.46. The minimum Gasteiger partial charge on any atom is -0.353 e. The maximum Gasteiger partial charge on any atom is 0.273 e. The number of aromatic nitrogens is 5. The van der Waals surface area contributed by atoms with Crippen LogP contribution in [0.15, 0.2) is 33.7 Å². The van der Waals surface area contributed by atoms with Crippen molar-refractivity contribution in [3.8, 4) is 9.88 Å². The standard InChI is InChI=1S/C18H16BrN7OS2/c1-11-6-15(26-18(22-11)20-10-21-26)24-2-4-25(5-3-24)17(27)13-9-29-16(23-13)14-7-12(19)8-28-14/h6-10H,2-5H2,1H3. The summed E-state index contributed by atoms with van der Waals surface area (Å²) < 4.78 is 2.78. The first kappa shape index (κ1) is 18.6. The smallest absolute Gasteiger partial charge is 0.273 e. The highest BCUT2D eigenvalue weighted by atomic mass is 79.9. The van der Waals surface area contributed by atoms with Crippen LogP contribution in [0, 0.1) is 6.92 Å². The molecule has 148 valence electrons. The minimum atomic E-state index is -0.0143. The number of amides is 1. The number of halogens is 1. The number of carbonyl (C=O) groups excluding carboxylic acids is 1. The molecule has 1 aliphatic heterocycles. The van der Waals surface area contributed by atoms with Crippen molar-refractivity contribution < 1.29 is 4.79 Å². The van der Waals surface area contributed by atoms with Crippen LogP contribution in [0.1, 0.15) is 16.2 Å². The first-order valence-corrected chi connectivity index (χ1v) is 11.6. The van der Waals surface area contributed by atoms with E-state index < -0.39 is 0 Å². The van der Waals surface area contributed by atoms with Gasteiger partial charge >= 0.3 is 0 Å². The highest BCUT2D eigenvalue weighted by Gasteiger charge is 2.25. The van der Waals surface area contributed by atoms with Gasteiger partial charge in [0.1, 0.15) is 22.8 Å². The average Bonchev–Trinajstić information content (AvgIpc) is 3.47. The molecule has 0 spiro atoms. The zero-order valence-corrected chi connectivity index (χ0v) is 18.7. The Hall–Kier alpha value is -2.37. The van der Waals surface area contributed by atoms with Crippen molar-refractivity contribution in [3.63, 3.8) is 0 Å². The van der Waals surface area contributed by atoms with Gasteiger partial charge in [-0.2, -0.15) is 14.6 Å². The van der Waals surface area contributed by atoms with Gasteiger partial charge in [-0.1, -0.05) is 0 Å². The van der Waals surface area contributed by atoms with Crippen molar-refractivity contribution in [2.45, 2.75) is 6.92 Å². The molecule has 0 N–H and O–H groups in total. The molecule has 0 bridgehead atoms. The Bertz CT molecular complexity index is 1190. The summed E-state index contributed by atoms with van der Waals surface area (Å²) in [6.45, 7) is 4.66. The lowest BCUT2D eigenvalue weighted by Crippen LogP contribution is -2.49. The van der Waals surface area contributed by atoms with E-state index in [1.165, 1.54) is 17.7 Å². The second-order valence-electron chi connectivity index (χ2n) is 6.67. The van der Waals surface area contributed by atoms with Crippen LogP contribution in [0.25, 0.3) is 15.7 Å². The molecule has 0 unspecified atom stereocenters. The number of hydrogen-bond acceptors (Lipinski definition) is 8. The molecular formula is C18H16BrN7OS2. The third kappa shape index (κ3) is 3.53. The molecule has 1 fully saturated rings. The van der Waals surface area contributed by atoms with Crippen molar-refractivity contribution in [1.29, 1.82) is 0 Å². The predicted octanol–water partition coefficient (Wildman–Crippen LogP) is 3.34. The summed E-state index contributed by atoms with van der Waals surface area (Å²) in [6.07, 6.45) is 1.51. The maximum atomic E-state index is 12.9. The summed E-state index contributed by atoms with van der Waals surface area (Å²) in [5.41, 5.74) is 1.41. The number of piperazine rings is 1. The quantitative estimate of drug-likeness (QED) is 0.439. The molecule has 29 heavy (non-hydrogen) atoms. The van der Waals surface area contributed by atoms with Crippen molar-refractivity contribution in [3.05, 3.63) is 45.1 Å². The molecular weight excluding hydrogens is 474 g/mol. The van der Waals surface area contributed by atoms with E-state index in [4.69, 9.17) is 0 Å². The van der Waals surface area contributed by atoms with E-state index in [0.29, 0.717) is 24.6 Å². The van der Waals surface area contributed by atoms with Crippen LogP contribution in [0.5, 0.6) is 0 Å². The Morgan fingerprint density at radius 3 is 2.69 bits per heavy atom. The monoisotopic (exact) mass is 489 g/mol. The van der Waals surface area contributed by atoms with Crippen molar-refractivity contribution in [1.82, 2.24) is 29.5 Å². The first-order chi connectivity index (χ1) is 14.1. The fourth-order valence-electron chi connectivity index (χ4n) is 3.35. The van der Waals surface area contributed by atoms with Crippen LogP contribution in [0.2, 0.25) is 0 Å². The molecule has 1 aliphatic rings. The number of hydrogen-bond donors (Lipinski definition) is 0. The van der Waals surface area contributed by atoms with Gasteiger partial charge in [-0.25, -0.2) is 9.97 Å². The number of carbonyl (C=O) groups is 1. The number of fused-ring (bicyclic) bond motifs is 1. The normalized spacial score (nSPS) is 14.7. The fraction of sp³-hybridized carbons (Fsp3) is 0.278. The zero-order chi connectivity index (χ0) is 20.0. The third-order valence-electron chi connectivity index (χ3n) is 4.75. The number of rotatable bonds is 3.